The Morgan fingerprint density at radius 2 is 2.00 bits per heavy atom. The Bertz CT molecular complexity index is 723. The molecule has 1 unspecified atom stereocenters. The third-order valence-corrected chi connectivity index (χ3v) is 5.59. The average molecular weight is 376 g/mol. The molecular formula is C20H30ClN5. The number of aryl methyl sites for hydroxylation is 2. The van der Waals surface area contributed by atoms with Crippen LogP contribution in [0, 0.1) is 6.92 Å². The fourth-order valence-corrected chi connectivity index (χ4v) is 4.20. The number of halogens is 1. The Morgan fingerprint density at radius 1 is 1.19 bits per heavy atom. The Hall–Kier alpha value is -1.40. The molecule has 1 atom stereocenters. The van der Waals surface area contributed by atoms with E-state index in [1.165, 1.54) is 54.9 Å². The van der Waals surface area contributed by atoms with Crippen LogP contribution in [0.4, 0.5) is 0 Å². The molecule has 5 nitrogen and oxygen atoms in total. The average Bonchev–Trinajstić information content (AvgIpc) is 3.26. The Morgan fingerprint density at radius 3 is 2.73 bits per heavy atom. The van der Waals surface area contributed by atoms with Gasteiger partial charge in [0.05, 0.1) is 6.20 Å². The molecule has 2 saturated heterocycles. The van der Waals surface area contributed by atoms with E-state index in [4.69, 9.17) is 0 Å². The lowest BCUT2D eigenvalue weighted by atomic mass is 9.99. The van der Waals surface area contributed by atoms with Crippen LogP contribution >= 0.6 is 12.4 Å². The van der Waals surface area contributed by atoms with Crippen LogP contribution in [0.15, 0.2) is 30.6 Å². The summed E-state index contributed by atoms with van der Waals surface area (Å²) in [5.41, 5.74) is 5.28. The summed E-state index contributed by atoms with van der Waals surface area (Å²) in [6.45, 7) is 10.3. The topological polar surface area (TPSA) is 36.3 Å². The van der Waals surface area contributed by atoms with Crippen LogP contribution in [0.2, 0.25) is 0 Å². The Balaban J connectivity index is 0.00000196. The molecule has 0 saturated carbocycles. The number of rotatable bonds is 4. The van der Waals surface area contributed by atoms with Gasteiger partial charge in [-0.05, 0) is 24.5 Å². The molecule has 1 N–H and O–H groups in total. The molecule has 26 heavy (non-hydrogen) atoms. The Labute approximate surface area is 162 Å². The zero-order chi connectivity index (χ0) is 17.2. The van der Waals surface area contributed by atoms with Crippen LogP contribution in [0.3, 0.4) is 0 Å². The van der Waals surface area contributed by atoms with Crippen LogP contribution in [-0.4, -0.2) is 64.9 Å². The molecule has 0 bridgehead atoms. The zero-order valence-corrected chi connectivity index (χ0v) is 16.6. The molecular weight excluding hydrogens is 346 g/mol. The van der Waals surface area contributed by atoms with Gasteiger partial charge in [-0.25, -0.2) is 0 Å². The predicted molar refractivity (Wildman–Crippen MR) is 109 cm³/mol. The summed E-state index contributed by atoms with van der Waals surface area (Å²) in [6, 6.07) is 7.57. The summed E-state index contributed by atoms with van der Waals surface area (Å²) in [7, 11) is 1.98. The molecule has 6 heteroatoms. The second-order valence-electron chi connectivity index (χ2n) is 7.53. The molecule has 0 spiro atoms. The van der Waals surface area contributed by atoms with E-state index in [2.05, 4.69) is 51.5 Å². The van der Waals surface area contributed by atoms with E-state index < -0.39 is 0 Å². The summed E-state index contributed by atoms with van der Waals surface area (Å²) in [5.74, 6) is 0. The van der Waals surface area contributed by atoms with Crippen molar-refractivity contribution in [1.29, 1.82) is 0 Å². The van der Waals surface area contributed by atoms with Crippen molar-refractivity contribution in [2.24, 2.45) is 7.05 Å². The summed E-state index contributed by atoms with van der Waals surface area (Å²) in [6.07, 6.45) is 5.39. The third kappa shape index (κ3) is 4.29. The number of piperazine rings is 1. The summed E-state index contributed by atoms with van der Waals surface area (Å²) >= 11 is 0. The van der Waals surface area contributed by atoms with Gasteiger partial charge in [0.15, 0.2) is 0 Å². The van der Waals surface area contributed by atoms with Gasteiger partial charge in [0.25, 0.3) is 0 Å². The summed E-state index contributed by atoms with van der Waals surface area (Å²) in [5, 5.41) is 7.82. The first-order chi connectivity index (χ1) is 12.2. The quantitative estimate of drug-likeness (QED) is 0.889. The van der Waals surface area contributed by atoms with Crippen molar-refractivity contribution in [2.75, 3.05) is 39.3 Å². The first-order valence-corrected chi connectivity index (χ1v) is 9.45. The van der Waals surface area contributed by atoms with Crippen molar-refractivity contribution < 1.29 is 0 Å². The standard InChI is InChI=1S/C20H29N5.ClH/c1-16-3-4-17(20(11-16)18-12-22-23(2)13-18)14-24-8-5-19(15-24)25-9-6-21-7-10-25;/h3-4,11-13,19,21H,5-10,14-15H2,1-2H3;1H. The van der Waals surface area contributed by atoms with E-state index >= 15 is 0 Å². The first kappa shape index (κ1) is 19.4. The molecule has 1 aromatic heterocycles. The maximum Gasteiger partial charge on any atom is 0.0568 e. The molecule has 2 aromatic rings. The van der Waals surface area contributed by atoms with E-state index in [0.29, 0.717) is 0 Å². The monoisotopic (exact) mass is 375 g/mol. The zero-order valence-electron chi connectivity index (χ0n) is 15.8. The number of hydrogen-bond acceptors (Lipinski definition) is 4. The summed E-state index contributed by atoms with van der Waals surface area (Å²) < 4.78 is 1.89. The fourth-order valence-electron chi connectivity index (χ4n) is 4.20. The minimum absolute atomic E-state index is 0. The SMILES string of the molecule is Cc1ccc(CN2CCC(N3CCNCC3)C2)c(-c2cnn(C)c2)c1.Cl. The molecule has 2 aliphatic heterocycles. The van der Waals surface area contributed by atoms with Crippen molar-refractivity contribution in [3.8, 4) is 11.1 Å². The van der Waals surface area contributed by atoms with Gasteiger partial charge in [-0.2, -0.15) is 5.10 Å². The van der Waals surface area contributed by atoms with Crippen molar-refractivity contribution in [3.05, 3.63) is 41.7 Å². The van der Waals surface area contributed by atoms with Gasteiger partial charge in [0.2, 0.25) is 0 Å². The van der Waals surface area contributed by atoms with Gasteiger partial charge >= 0.3 is 0 Å². The molecule has 142 valence electrons. The highest BCUT2D eigenvalue weighted by atomic mass is 35.5. The molecule has 4 rings (SSSR count). The summed E-state index contributed by atoms with van der Waals surface area (Å²) in [4.78, 5) is 5.30. The predicted octanol–water partition coefficient (Wildman–Crippen LogP) is 2.30. The second kappa shape index (κ2) is 8.53. The minimum Gasteiger partial charge on any atom is -0.314 e. The van der Waals surface area contributed by atoms with Gasteiger partial charge in [-0.3, -0.25) is 14.5 Å². The molecule has 0 radical (unpaired) electrons. The van der Waals surface area contributed by atoms with Crippen molar-refractivity contribution in [2.45, 2.75) is 25.9 Å². The lowest BCUT2D eigenvalue weighted by Gasteiger charge is -2.32. The number of hydrogen-bond donors (Lipinski definition) is 1. The largest absolute Gasteiger partial charge is 0.314 e. The number of aromatic nitrogens is 2. The van der Waals surface area contributed by atoms with Gasteiger partial charge in [-0.1, -0.05) is 23.8 Å². The lowest BCUT2D eigenvalue weighted by Crippen LogP contribution is -2.49. The maximum atomic E-state index is 4.36. The van der Waals surface area contributed by atoms with Crippen LogP contribution < -0.4 is 5.32 Å². The second-order valence-corrected chi connectivity index (χ2v) is 7.53. The van der Waals surface area contributed by atoms with E-state index in [-0.39, 0.29) is 12.4 Å². The number of likely N-dealkylation sites (tertiary alicyclic amines) is 1. The van der Waals surface area contributed by atoms with Crippen LogP contribution in [0.5, 0.6) is 0 Å². The van der Waals surface area contributed by atoms with E-state index in [1.54, 1.807) is 0 Å². The molecule has 0 aliphatic carbocycles. The van der Waals surface area contributed by atoms with Gasteiger partial charge in [0, 0.05) is 70.7 Å². The Kier molecular flexibility index (Phi) is 6.35. The first-order valence-electron chi connectivity index (χ1n) is 9.45. The normalized spacial score (nSPS) is 21.7. The highest BCUT2D eigenvalue weighted by Gasteiger charge is 2.28. The molecule has 3 heterocycles. The van der Waals surface area contributed by atoms with Crippen LogP contribution in [0.1, 0.15) is 17.5 Å². The number of nitrogens with zero attached hydrogens (tertiary/aromatic N) is 4. The van der Waals surface area contributed by atoms with Crippen molar-refractivity contribution in [1.82, 2.24) is 24.9 Å². The molecule has 2 fully saturated rings. The maximum absolute atomic E-state index is 4.36. The molecule has 1 aromatic carbocycles. The highest BCUT2D eigenvalue weighted by molar-refractivity contribution is 5.85. The van der Waals surface area contributed by atoms with E-state index in [0.717, 1.165) is 25.7 Å². The van der Waals surface area contributed by atoms with Crippen molar-refractivity contribution >= 4 is 12.4 Å². The highest BCUT2D eigenvalue weighted by Crippen LogP contribution is 2.27. The van der Waals surface area contributed by atoms with E-state index in [9.17, 15) is 0 Å². The number of benzene rings is 1. The van der Waals surface area contributed by atoms with Gasteiger partial charge in [-0.15, -0.1) is 12.4 Å². The lowest BCUT2D eigenvalue weighted by molar-refractivity contribution is 0.170. The van der Waals surface area contributed by atoms with E-state index in [1.807, 2.05) is 17.9 Å². The van der Waals surface area contributed by atoms with Crippen LogP contribution in [0.25, 0.3) is 11.1 Å². The minimum atomic E-state index is 0. The van der Waals surface area contributed by atoms with Gasteiger partial charge < -0.3 is 5.32 Å². The fraction of sp³-hybridized carbons (Fsp3) is 0.550. The van der Waals surface area contributed by atoms with Gasteiger partial charge in [0.1, 0.15) is 0 Å². The van der Waals surface area contributed by atoms with Crippen molar-refractivity contribution in [3.63, 3.8) is 0 Å². The molecule has 2 aliphatic rings. The smallest absolute Gasteiger partial charge is 0.0568 e. The molecule has 0 amide bonds. The third-order valence-electron chi connectivity index (χ3n) is 5.59. The number of nitrogens with one attached hydrogen (secondary N) is 1. The van der Waals surface area contributed by atoms with Crippen LogP contribution in [-0.2, 0) is 13.6 Å².